The van der Waals surface area contributed by atoms with Crippen molar-refractivity contribution in [2.24, 2.45) is 29.6 Å². The second-order valence-corrected chi connectivity index (χ2v) is 18.7. The van der Waals surface area contributed by atoms with Gasteiger partial charge in [-0.2, -0.15) is 0 Å². The number of halogens is 1. The van der Waals surface area contributed by atoms with Gasteiger partial charge in [-0.3, -0.25) is 9.59 Å². The van der Waals surface area contributed by atoms with Crippen LogP contribution in [0.2, 0.25) is 0 Å². The van der Waals surface area contributed by atoms with Crippen molar-refractivity contribution >= 4 is 45.8 Å². The summed E-state index contributed by atoms with van der Waals surface area (Å²) in [5, 5.41) is 7.49. The third-order valence-electron chi connectivity index (χ3n) is 14.9. The van der Waals surface area contributed by atoms with Crippen LogP contribution in [0.15, 0.2) is 54.7 Å². The molecule has 2 aromatic heterocycles. The minimum absolute atomic E-state index is 0.0332. The smallest absolute Gasteiger partial charge is 0.407 e. The summed E-state index contributed by atoms with van der Waals surface area (Å²) in [4.78, 5) is 73.6. The molecule has 4 amide bonds. The Bertz CT molecular complexity index is 2640. The number of H-pyrrole nitrogens is 2. The predicted molar refractivity (Wildman–Crippen MR) is 235 cm³/mol. The monoisotopic (exact) mass is 874 g/mol. The van der Waals surface area contributed by atoms with E-state index in [1.807, 2.05) is 60.0 Å². The number of nitrogens with zero attached hydrogens (tertiary/aromatic N) is 4. The van der Waals surface area contributed by atoms with Crippen LogP contribution in [0.1, 0.15) is 83.0 Å². The van der Waals surface area contributed by atoms with E-state index < -0.39 is 30.1 Å². The number of carbonyl (C=O) groups excluding carboxylic acids is 4. The number of benzene rings is 3. The molecule has 4 unspecified atom stereocenters. The number of alkyl carbamates (subject to hydrolysis) is 2. The minimum atomic E-state index is -0.743. The average Bonchev–Trinajstić information content (AvgIpc) is 4.03. The van der Waals surface area contributed by atoms with Gasteiger partial charge in [0.15, 0.2) is 0 Å². The van der Waals surface area contributed by atoms with Gasteiger partial charge in [-0.25, -0.2) is 23.9 Å². The summed E-state index contributed by atoms with van der Waals surface area (Å²) in [7, 11) is 2.59. The second-order valence-electron chi connectivity index (χ2n) is 18.7. The molecule has 3 saturated heterocycles. The zero-order chi connectivity index (χ0) is 44.6. The van der Waals surface area contributed by atoms with Gasteiger partial charge in [-0.1, -0.05) is 45.0 Å². The molecule has 64 heavy (non-hydrogen) atoms. The van der Waals surface area contributed by atoms with Gasteiger partial charge in [0, 0.05) is 36.2 Å². The highest BCUT2D eigenvalue weighted by Gasteiger charge is 2.61. The normalized spacial score (nSPS) is 26.0. The van der Waals surface area contributed by atoms with Crippen molar-refractivity contribution in [2.75, 3.05) is 27.4 Å². The highest BCUT2D eigenvalue weighted by Crippen LogP contribution is 2.58. The predicted octanol–water partition coefficient (Wildman–Crippen LogP) is 7.40. The lowest BCUT2D eigenvalue weighted by Gasteiger charge is -2.39. The van der Waals surface area contributed by atoms with Crippen molar-refractivity contribution in [3.8, 4) is 22.4 Å². The van der Waals surface area contributed by atoms with Crippen LogP contribution >= 0.6 is 0 Å². The van der Waals surface area contributed by atoms with Crippen molar-refractivity contribution in [1.82, 2.24) is 40.4 Å². The minimum Gasteiger partial charge on any atom is -0.453 e. The molecule has 3 aromatic carbocycles. The van der Waals surface area contributed by atoms with E-state index in [9.17, 15) is 19.2 Å². The number of rotatable bonds is 10. The van der Waals surface area contributed by atoms with Crippen LogP contribution in [0.5, 0.6) is 0 Å². The molecule has 2 bridgehead atoms. The molecule has 5 aromatic rings. The molecule has 5 fully saturated rings. The molecular weight excluding hydrogens is 820 g/mol. The number of hydrogen-bond donors (Lipinski definition) is 4. The number of aromatic amines is 2. The molecule has 0 radical (unpaired) electrons. The topological polar surface area (TPSA) is 184 Å². The van der Waals surface area contributed by atoms with E-state index in [0.717, 1.165) is 53.1 Å². The van der Waals surface area contributed by atoms with E-state index >= 15 is 4.39 Å². The summed E-state index contributed by atoms with van der Waals surface area (Å²) >= 11 is 0. The Hall–Kier alpha value is -6.03. The molecule has 0 spiro atoms. The summed E-state index contributed by atoms with van der Waals surface area (Å²) in [6.45, 7) is 7.04. The summed E-state index contributed by atoms with van der Waals surface area (Å²) in [5.41, 5.74) is 4.10. The third kappa shape index (κ3) is 7.23. The highest BCUT2D eigenvalue weighted by atomic mass is 19.1. The second kappa shape index (κ2) is 16.5. The Kier molecular flexibility index (Phi) is 10.8. The first-order valence-corrected chi connectivity index (χ1v) is 22.6. The lowest BCUT2D eigenvalue weighted by Crippen LogP contribution is -2.55. The van der Waals surface area contributed by atoms with Gasteiger partial charge < -0.3 is 44.6 Å². The number of hydrogen-bond acceptors (Lipinski definition) is 9. The molecule has 2 saturated carbocycles. The van der Waals surface area contributed by atoms with Gasteiger partial charge in [0.25, 0.3) is 0 Å². The number of methoxy groups -OCH3 is 2. The van der Waals surface area contributed by atoms with Crippen LogP contribution in [-0.2, 0) is 23.8 Å². The zero-order valence-corrected chi connectivity index (χ0v) is 36.7. The SMILES string of the molecule is COC(=O)NC(C(=O)N1[C@@H]2CC[C@@H](C2)[C@H]1c1ncc(-c2ccc(-c3ccc4c(ccc5nc([C@@H]6CC7C(C)C7N6C(=O)[C@@H](NC(=O)OC)C(C)C)[nH]c54)c3)cc2F)[nH]1)C1CCOCC1. The molecular formula is C48H55FN8O7. The quantitative estimate of drug-likeness (QED) is 0.111. The Morgan fingerprint density at radius 1 is 0.859 bits per heavy atom. The van der Waals surface area contributed by atoms with E-state index in [4.69, 9.17) is 24.2 Å². The molecule has 3 aliphatic heterocycles. The molecule has 15 nitrogen and oxygen atoms in total. The first kappa shape index (κ1) is 42.0. The van der Waals surface area contributed by atoms with Crippen molar-refractivity contribution in [2.45, 2.75) is 95.5 Å². The Morgan fingerprint density at radius 3 is 2.36 bits per heavy atom. The fourth-order valence-corrected chi connectivity index (χ4v) is 11.5. The van der Waals surface area contributed by atoms with Gasteiger partial charge in [0.1, 0.15) is 29.5 Å². The standard InChI is InChI=1S/C48H55FN8O7/c1-23(2)38(54-47(60)62-4)45(58)57-37(21-33-24(3)41(33)57)43-51-35-13-9-28-18-26(7-11-31(28)40(35)53-43)27-8-12-32(34(49)20-27)36-22-50-44(52-36)42-29-6-10-30(19-29)56(42)46(59)39(55-48(61)63-5)25-14-16-64-17-15-25/h7-9,11-13,18,20,22-25,29-30,33,37-39,41-42H,6,10,14-17,19,21H2,1-5H3,(H,50,52)(H,51,53)(H,54,60)(H,55,61)/t24?,29-,30+,33?,37-,38-,39?,41?,42-/m0/s1. The Morgan fingerprint density at radius 2 is 1.61 bits per heavy atom. The first-order valence-electron chi connectivity index (χ1n) is 22.6. The maximum absolute atomic E-state index is 16.2. The van der Waals surface area contributed by atoms with E-state index in [-0.39, 0.29) is 53.7 Å². The van der Waals surface area contributed by atoms with E-state index in [1.165, 1.54) is 20.3 Å². The zero-order valence-electron chi connectivity index (χ0n) is 36.7. The van der Waals surface area contributed by atoms with Crippen molar-refractivity contribution < 1.29 is 37.8 Å². The fraction of sp³-hybridized carbons (Fsp3) is 0.500. The van der Waals surface area contributed by atoms with Crippen molar-refractivity contribution in [3.05, 3.63) is 72.2 Å². The highest BCUT2D eigenvalue weighted by molar-refractivity contribution is 6.05. The maximum atomic E-state index is 16.2. The number of aromatic nitrogens is 4. The summed E-state index contributed by atoms with van der Waals surface area (Å²) in [6.07, 6.45) is 5.16. The number of amides is 4. The molecule has 9 atom stereocenters. The van der Waals surface area contributed by atoms with E-state index in [2.05, 4.69) is 27.5 Å². The summed E-state index contributed by atoms with van der Waals surface area (Å²) in [6, 6.07) is 13.3. The van der Waals surface area contributed by atoms with Crippen LogP contribution in [0, 0.1) is 35.4 Å². The third-order valence-corrected chi connectivity index (χ3v) is 14.9. The largest absolute Gasteiger partial charge is 0.453 e. The van der Waals surface area contributed by atoms with E-state index in [1.54, 1.807) is 12.3 Å². The van der Waals surface area contributed by atoms with Crippen LogP contribution in [0.25, 0.3) is 44.2 Å². The number of piperidine rings is 2. The molecule has 16 heteroatoms. The number of ether oxygens (including phenoxy) is 3. The molecule has 10 rings (SSSR count). The lowest BCUT2D eigenvalue weighted by atomic mass is 9.89. The van der Waals surface area contributed by atoms with Gasteiger partial charge in [-0.15, -0.1) is 0 Å². The summed E-state index contributed by atoms with van der Waals surface area (Å²) in [5.74, 6) is 1.38. The van der Waals surface area contributed by atoms with Crippen LogP contribution in [0.4, 0.5) is 14.0 Å². The van der Waals surface area contributed by atoms with E-state index in [0.29, 0.717) is 66.4 Å². The molecule has 4 N–H and O–H groups in total. The Balaban J connectivity index is 0.885. The molecule has 5 heterocycles. The Labute approximate surface area is 370 Å². The lowest BCUT2D eigenvalue weighted by molar-refractivity contribution is -0.140. The molecule has 336 valence electrons. The van der Waals surface area contributed by atoms with Crippen molar-refractivity contribution in [3.63, 3.8) is 0 Å². The average molecular weight is 875 g/mol. The van der Waals surface area contributed by atoms with Crippen molar-refractivity contribution in [1.29, 1.82) is 0 Å². The summed E-state index contributed by atoms with van der Waals surface area (Å²) < 4.78 is 31.5. The fourth-order valence-electron chi connectivity index (χ4n) is 11.5. The van der Waals surface area contributed by atoms with Crippen LogP contribution in [-0.4, -0.2) is 105 Å². The molecule has 2 aliphatic carbocycles. The van der Waals surface area contributed by atoms with Gasteiger partial charge in [-0.05, 0) is 109 Å². The van der Waals surface area contributed by atoms with Crippen LogP contribution in [0.3, 0.4) is 0 Å². The maximum Gasteiger partial charge on any atom is 0.407 e. The number of imidazole rings is 2. The number of fused-ring (bicyclic) bond motifs is 6. The number of nitrogens with one attached hydrogen (secondary N) is 4. The van der Waals surface area contributed by atoms with Crippen LogP contribution < -0.4 is 10.6 Å². The molecule has 5 aliphatic rings. The van der Waals surface area contributed by atoms with Gasteiger partial charge in [0.05, 0.1) is 49.2 Å². The number of likely N-dealkylation sites (tertiary alicyclic amines) is 2. The first-order chi connectivity index (χ1) is 30.9. The number of carbonyl (C=O) groups is 4. The van der Waals surface area contributed by atoms with Gasteiger partial charge in [0.2, 0.25) is 11.8 Å². The van der Waals surface area contributed by atoms with Gasteiger partial charge >= 0.3 is 12.2 Å².